The van der Waals surface area contributed by atoms with E-state index in [1.54, 1.807) is 10.6 Å². The van der Waals surface area contributed by atoms with Gasteiger partial charge in [0.1, 0.15) is 0 Å². The molecule has 4 unspecified atom stereocenters. The first-order valence-electron chi connectivity index (χ1n) is 7.74. The Morgan fingerprint density at radius 3 is 3.05 bits per heavy atom. The van der Waals surface area contributed by atoms with Gasteiger partial charge in [-0.15, -0.1) is 10.2 Å². The Morgan fingerprint density at radius 1 is 1.32 bits per heavy atom. The first-order valence-corrected chi connectivity index (χ1v) is 7.74. The van der Waals surface area contributed by atoms with Crippen molar-refractivity contribution in [1.82, 2.24) is 19.9 Å². The summed E-state index contributed by atoms with van der Waals surface area (Å²) in [7, 11) is 0. The number of urea groups is 1. The summed E-state index contributed by atoms with van der Waals surface area (Å²) >= 11 is 0. The fraction of sp³-hybridized carbons (Fsp3) is 0.533. The molecule has 0 saturated heterocycles. The molecule has 0 spiro atoms. The predicted octanol–water partition coefficient (Wildman–Crippen LogP) is 1.26. The van der Waals surface area contributed by atoms with Crippen molar-refractivity contribution in [1.29, 1.82) is 0 Å². The van der Waals surface area contributed by atoms with Crippen LogP contribution < -0.4 is 10.6 Å². The van der Waals surface area contributed by atoms with Gasteiger partial charge in [-0.1, -0.05) is 6.07 Å². The smallest absolute Gasteiger partial charge is 0.321 e. The maximum atomic E-state index is 12.3. The fourth-order valence-electron chi connectivity index (χ4n) is 4.11. The van der Waals surface area contributed by atoms with Crippen LogP contribution in [0.3, 0.4) is 0 Å². The summed E-state index contributed by atoms with van der Waals surface area (Å²) in [5, 5.41) is 23.3. The van der Waals surface area contributed by atoms with Crippen molar-refractivity contribution < 1.29 is 9.90 Å². The lowest BCUT2D eigenvalue weighted by molar-refractivity contribution is 0.146. The molecule has 4 atom stereocenters. The number of hydrogen-bond acceptors (Lipinski definition) is 4. The molecule has 7 nitrogen and oxygen atoms in total. The molecule has 116 valence electrons. The molecule has 2 bridgehead atoms. The van der Waals surface area contributed by atoms with Crippen molar-refractivity contribution in [2.45, 2.75) is 25.3 Å². The number of aliphatic hydroxyl groups is 1. The van der Waals surface area contributed by atoms with Crippen LogP contribution in [-0.4, -0.2) is 38.4 Å². The maximum Gasteiger partial charge on any atom is 0.321 e. The molecule has 2 aliphatic carbocycles. The maximum absolute atomic E-state index is 12.3. The van der Waals surface area contributed by atoms with Gasteiger partial charge < -0.3 is 10.4 Å². The topological polar surface area (TPSA) is 91.6 Å². The fourth-order valence-corrected chi connectivity index (χ4v) is 4.11. The minimum absolute atomic E-state index is 0.0583. The van der Waals surface area contributed by atoms with Crippen LogP contribution in [0.2, 0.25) is 0 Å². The van der Waals surface area contributed by atoms with Gasteiger partial charge in [0.05, 0.1) is 0 Å². The number of carbonyl (C=O) groups is 1. The summed E-state index contributed by atoms with van der Waals surface area (Å²) in [6, 6.07) is 5.33. The van der Waals surface area contributed by atoms with E-state index in [1.165, 1.54) is 6.42 Å². The third-order valence-corrected chi connectivity index (χ3v) is 5.14. The van der Waals surface area contributed by atoms with Gasteiger partial charge in [-0.3, -0.25) is 9.72 Å². The van der Waals surface area contributed by atoms with Crippen molar-refractivity contribution in [2.24, 2.45) is 17.8 Å². The van der Waals surface area contributed by atoms with Crippen LogP contribution >= 0.6 is 0 Å². The summed E-state index contributed by atoms with van der Waals surface area (Å²) in [5.41, 5.74) is 0.686. The second kappa shape index (κ2) is 5.24. The van der Waals surface area contributed by atoms with E-state index in [9.17, 15) is 9.90 Å². The highest BCUT2D eigenvalue weighted by atomic mass is 16.3. The lowest BCUT2D eigenvalue weighted by Crippen LogP contribution is -2.47. The molecule has 2 amide bonds. The monoisotopic (exact) mass is 301 g/mol. The molecule has 4 rings (SSSR count). The molecule has 2 aliphatic rings. The van der Waals surface area contributed by atoms with E-state index in [-0.39, 0.29) is 24.6 Å². The van der Waals surface area contributed by atoms with Gasteiger partial charge >= 0.3 is 6.03 Å². The van der Waals surface area contributed by atoms with Crippen LogP contribution in [0.5, 0.6) is 0 Å². The Hall–Kier alpha value is -2.15. The minimum atomic E-state index is -0.283. The van der Waals surface area contributed by atoms with Gasteiger partial charge in [0, 0.05) is 24.8 Å². The lowest BCUT2D eigenvalue weighted by Gasteiger charge is -2.30. The van der Waals surface area contributed by atoms with Crippen LogP contribution in [0.4, 0.5) is 10.7 Å². The number of nitrogens with one attached hydrogen (secondary N) is 2. The SMILES string of the molecule is O=C(Nc1nnc2ccccn12)NC1C2CCC(C2)C1CO. The highest BCUT2D eigenvalue weighted by molar-refractivity contribution is 5.88. The molecule has 22 heavy (non-hydrogen) atoms. The number of nitrogens with zero attached hydrogens (tertiary/aromatic N) is 3. The Kier molecular flexibility index (Phi) is 3.22. The van der Waals surface area contributed by atoms with Gasteiger partial charge in [-0.25, -0.2) is 4.79 Å². The molecule has 0 radical (unpaired) electrons. The number of aliphatic hydroxyl groups excluding tert-OH is 1. The van der Waals surface area contributed by atoms with E-state index in [1.807, 2.05) is 18.2 Å². The van der Waals surface area contributed by atoms with Crippen LogP contribution in [-0.2, 0) is 0 Å². The van der Waals surface area contributed by atoms with E-state index in [0.717, 1.165) is 12.8 Å². The Labute approximate surface area is 127 Å². The molecule has 0 aliphatic heterocycles. The number of anilines is 1. The predicted molar refractivity (Wildman–Crippen MR) is 80.3 cm³/mol. The first-order chi connectivity index (χ1) is 10.8. The van der Waals surface area contributed by atoms with Crippen molar-refractivity contribution in [3.8, 4) is 0 Å². The van der Waals surface area contributed by atoms with Crippen LogP contribution in [0.25, 0.3) is 5.65 Å². The molecule has 2 saturated carbocycles. The molecule has 3 N–H and O–H groups in total. The van der Waals surface area contributed by atoms with E-state index in [2.05, 4.69) is 20.8 Å². The number of pyridine rings is 1. The molecule has 7 heteroatoms. The zero-order valence-electron chi connectivity index (χ0n) is 12.1. The highest BCUT2D eigenvalue weighted by Gasteiger charge is 2.47. The lowest BCUT2D eigenvalue weighted by atomic mass is 9.85. The number of carbonyl (C=O) groups excluding carboxylic acids is 1. The van der Waals surface area contributed by atoms with Gasteiger partial charge in [-0.05, 0) is 43.2 Å². The summed E-state index contributed by atoms with van der Waals surface area (Å²) in [6.07, 6.45) is 5.23. The van der Waals surface area contributed by atoms with Crippen molar-refractivity contribution in [3.05, 3.63) is 24.4 Å². The van der Waals surface area contributed by atoms with Crippen molar-refractivity contribution in [3.63, 3.8) is 0 Å². The molecular weight excluding hydrogens is 282 g/mol. The number of rotatable bonds is 3. The normalized spacial score (nSPS) is 29.9. The van der Waals surface area contributed by atoms with Crippen LogP contribution in [0.15, 0.2) is 24.4 Å². The molecule has 0 aromatic carbocycles. The zero-order valence-corrected chi connectivity index (χ0v) is 12.1. The largest absolute Gasteiger partial charge is 0.396 e. The Balaban J connectivity index is 1.47. The van der Waals surface area contributed by atoms with Crippen LogP contribution in [0.1, 0.15) is 19.3 Å². The first kappa shape index (κ1) is 13.5. The van der Waals surface area contributed by atoms with E-state index in [0.29, 0.717) is 23.4 Å². The molecule has 2 aromatic rings. The molecule has 2 heterocycles. The van der Waals surface area contributed by atoms with Gasteiger partial charge in [0.15, 0.2) is 5.65 Å². The molecule has 2 fully saturated rings. The third kappa shape index (κ3) is 2.12. The standard InChI is InChI=1S/C15H19N5O2/c21-8-11-9-4-5-10(7-9)13(11)16-15(22)17-14-19-18-12-3-1-2-6-20(12)14/h1-3,6,9-11,13,21H,4-5,7-8H2,(H2,16,17,19,22). The Bertz CT molecular complexity index is 700. The molecular formula is C15H19N5O2. The van der Waals surface area contributed by atoms with E-state index in [4.69, 9.17) is 0 Å². The second-order valence-electron chi connectivity index (χ2n) is 6.26. The summed E-state index contributed by atoms with van der Waals surface area (Å²) in [5.74, 6) is 1.62. The van der Waals surface area contributed by atoms with E-state index >= 15 is 0 Å². The number of fused-ring (bicyclic) bond motifs is 3. The third-order valence-electron chi connectivity index (χ3n) is 5.14. The van der Waals surface area contributed by atoms with Crippen molar-refractivity contribution in [2.75, 3.05) is 11.9 Å². The van der Waals surface area contributed by atoms with E-state index < -0.39 is 0 Å². The summed E-state index contributed by atoms with van der Waals surface area (Å²) in [6.45, 7) is 0.139. The Morgan fingerprint density at radius 2 is 2.18 bits per heavy atom. The summed E-state index contributed by atoms with van der Waals surface area (Å²) < 4.78 is 1.73. The minimum Gasteiger partial charge on any atom is -0.396 e. The number of aromatic nitrogens is 3. The summed E-state index contributed by atoms with van der Waals surface area (Å²) in [4.78, 5) is 12.3. The zero-order chi connectivity index (χ0) is 15.1. The van der Waals surface area contributed by atoms with Crippen molar-refractivity contribution >= 4 is 17.6 Å². The van der Waals surface area contributed by atoms with Gasteiger partial charge in [0.25, 0.3) is 0 Å². The molecule has 2 aromatic heterocycles. The average molecular weight is 301 g/mol. The van der Waals surface area contributed by atoms with Crippen LogP contribution in [0, 0.1) is 17.8 Å². The highest BCUT2D eigenvalue weighted by Crippen LogP contribution is 2.48. The number of amides is 2. The average Bonchev–Trinajstić information content (AvgIpc) is 3.22. The quantitative estimate of drug-likeness (QED) is 0.796. The van der Waals surface area contributed by atoms with Gasteiger partial charge in [0.2, 0.25) is 5.95 Å². The number of hydrogen-bond donors (Lipinski definition) is 3. The second-order valence-corrected chi connectivity index (χ2v) is 6.26. The van der Waals surface area contributed by atoms with Gasteiger partial charge in [-0.2, -0.15) is 0 Å².